The van der Waals surface area contributed by atoms with Crippen LogP contribution < -0.4 is 10.1 Å². The Kier molecular flexibility index (Phi) is 7.93. The molecular formula is C23H27N5O4. The van der Waals surface area contributed by atoms with Crippen molar-refractivity contribution in [2.45, 2.75) is 12.6 Å². The summed E-state index contributed by atoms with van der Waals surface area (Å²) in [5.41, 5.74) is 2.05. The molecule has 1 N–H and O–H groups in total. The second-order valence-corrected chi connectivity index (χ2v) is 7.03. The van der Waals surface area contributed by atoms with Gasteiger partial charge in [-0.05, 0) is 29.8 Å². The summed E-state index contributed by atoms with van der Waals surface area (Å²) in [5, 5.41) is 11.0. The molecule has 0 aliphatic heterocycles. The number of carbonyl (C=O) groups excluding carboxylic acids is 2. The number of nitrogens with zero attached hydrogens (tertiary/aromatic N) is 4. The van der Waals surface area contributed by atoms with Gasteiger partial charge in [0, 0.05) is 20.2 Å². The van der Waals surface area contributed by atoms with E-state index in [1.807, 2.05) is 24.3 Å². The number of carbonyl (C=O) groups is 2. The van der Waals surface area contributed by atoms with E-state index in [1.165, 1.54) is 9.58 Å². The molecule has 1 heterocycles. The number of para-hydroxylation sites is 1. The first kappa shape index (κ1) is 23.0. The molecular weight excluding hydrogens is 410 g/mol. The van der Waals surface area contributed by atoms with Crippen LogP contribution >= 0.6 is 0 Å². The van der Waals surface area contributed by atoms with Crippen LogP contribution in [0.4, 0.5) is 0 Å². The monoisotopic (exact) mass is 437 g/mol. The van der Waals surface area contributed by atoms with Gasteiger partial charge in [-0.25, -0.2) is 4.68 Å². The Morgan fingerprint density at radius 1 is 1.22 bits per heavy atom. The van der Waals surface area contributed by atoms with Gasteiger partial charge in [-0.15, -0.1) is 11.7 Å². The SMILES string of the molecule is C=CCN(C(=O)Cn1nnc2ccccc21)C(C(=O)NCCOC)c1cccc(OC)c1. The largest absolute Gasteiger partial charge is 0.497 e. The van der Waals surface area contributed by atoms with Gasteiger partial charge >= 0.3 is 0 Å². The molecule has 0 fully saturated rings. The molecule has 0 saturated heterocycles. The lowest BCUT2D eigenvalue weighted by molar-refractivity contribution is -0.140. The number of aromatic nitrogens is 3. The summed E-state index contributed by atoms with van der Waals surface area (Å²) in [7, 11) is 3.11. The first-order valence-electron chi connectivity index (χ1n) is 10.2. The first-order valence-corrected chi connectivity index (χ1v) is 10.2. The molecule has 0 aliphatic rings. The van der Waals surface area contributed by atoms with Crippen molar-refractivity contribution in [3.8, 4) is 5.75 Å². The maximum atomic E-state index is 13.4. The molecule has 1 unspecified atom stereocenters. The normalized spacial score (nSPS) is 11.7. The molecule has 168 valence electrons. The number of ether oxygens (including phenoxy) is 2. The third kappa shape index (κ3) is 5.30. The second-order valence-electron chi connectivity index (χ2n) is 7.03. The van der Waals surface area contributed by atoms with Crippen LogP contribution in [0, 0.1) is 0 Å². The zero-order chi connectivity index (χ0) is 22.9. The van der Waals surface area contributed by atoms with Crippen LogP contribution in [-0.4, -0.2) is 65.6 Å². The van der Waals surface area contributed by atoms with Crippen LogP contribution in [0.1, 0.15) is 11.6 Å². The summed E-state index contributed by atoms with van der Waals surface area (Å²) in [5.74, 6) is -0.0327. The number of fused-ring (bicyclic) bond motifs is 1. The maximum Gasteiger partial charge on any atom is 0.247 e. The number of hydrogen-bond donors (Lipinski definition) is 1. The number of benzene rings is 2. The molecule has 2 amide bonds. The standard InChI is InChI=1S/C23H27N5O4/c1-4-13-27(21(29)16-28-20-11-6-5-10-19(20)25-26-28)22(23(30)24-12-14-31-2)17-8-7-9-18(15-17)32-3/h4-11,15,22H,1,12-14,16H2,2-3H3,(H,24,30). The van der Waals surface area contributed by atoms with E-state index in [0.29, 0.717) is 30.0 Å². The van der Waals surface area contributed by atoms with E-state index in [-0.39, 0.29) is 24.9 Å². The zero-order valence-electron chi connectivity index (χ0n) is 18.2. The molecule has 3 aromatic rings. The minimum atomic E-state index is -0.887. The van der Waals surface area contributed by atoms with E-state index in [1.54, 1.807) is 44.6 Å². The van der Waals surface area contributed by atoms with Gasteiger partial charge in [-0.2, -0.15) is 0 Å². The van der Waals surface area contributed by atoms with Gasteiger partial charge in [0.25, 0.3) is 0 Å². The molecule has 32 heavy (non-hydrogen) atoms. The van der Waals surface area contributed by atoms with E-state index in [0.717, 1.165) is 5.52 Å². The molecule has 0 spiro atoms. The maximum absolute atomic E-state index is 13.4. The van der Waals surface area contributed by atoms with Crippen molar-refractivity contribution >= 4 is 22.8 Å². The predicted octanol–water partition coefficient (Wildman–Crippen LogP) is 1.96. The Morgan fingerprint density at radius 2 is 2.03 bits per heavy atom. The molecule has 0 radical (unpaired) electrons. The lowest BCUT2D eigenvalue weighted by Crippen LogP contribution is -2.45. The highest BCUT2D eigenvalue weighted by molar-refractivity contribution is 5.89. The van der Waals surface area contributed by atoms with E-state index in [2.05, 4.69) is 22.2 Å². The quantitative estimate of drug-likeness (QED) is 0.364. The molecule has 0 aliphatic carbocycles. The van der Waals surface area contributed by atoms with E-state index in [9.17, 15) is 9.59 Å². The van der Waals surface area contributed by atoms with Crippen molar-refractivity contribution in [1.29, 1.82) is 0 Å². The summed E-state index contributed by atoms with van der Waals surface area (Å²) in [6, 6.07) is 13.6. The average molecular weight is 438 g/mol. The van der Waals surface area contributed by atoms with Crippen LogP contribution in [-0.2, 0) is 20.9 Å². The van der Waals surface area contributed by atoms with E-state index < -0.39 is 6.04 Å². The van der Waals surface area contributed by atoms with Crippen LogP contribution in [0.15, 0.2) is 61.2 Å². The number of rotatable bonds is 11. The minimum absolute atomic E-state index is 0.0693. The number of hydrogen-bond acceptors (Lipinski definition) is 6. The molecule has 1 aromatic heterocycles. The summed E-state index contributed by atoms with van der Waals surface area (Å²) in [4.78, 5) is 28.1. The Bertz CT molecular complexity index is 1080. The highest BCUT2D eigenvalue weighted by Gasteiger charge is 2.31. The number of methoxy groups -OCH3 is 2. The molecule has 9 heteroatoms. The lowest BCUT2D eigenvalue weighted by Gasteiger charge is -2.30. The van der Waals surface area contributed by atoms with Crippen molar-refractivity contribution < 1.29 is 19.1 Å². The number of nitrogens with one attached hydrogen (secondary N) is 1. The third-order valence-electron chi connectivity index (χ3n) is 4.93. The van der Waals surface area contributed by atoms with Gasteiger partial charge in [0.15, 0.2) is 0 Å². The summed E-state index contributed by atoms with van der Waals surface area (Å²) < 4.78 is 11.9. The van der Waals surface area contributed by atoms with Crippen LogP contribution in [0.2, 0.25) is 0 Å². The zero-order valence-corrected chi connectivity index (χ0v) is 18.2. The fourth-order valence-electron chi connectivity index (χ4n) is 3.40. The van der Waals surface area contributed by atoms with Crippen molar-refractivity contribution in [3.63, 3.8) is 0 Å². The fourth-order valence-corrected chi connectivity index (χ4v) is 3.40. The molecule has 2 aromatic carbocycles. The van der Waals surface area contributed by atoms with Gasteiger partial charge in [-0.3, -0.25) is 9.59 Å². The van der Waals surface area contributed by atoms with Gasteiger partial charge in [0.2, 0.25) is 11.8 Å². The summed E-state index contributed by atoms with van der Waals surface area (Å²) in [6.07, 6.45) is 1.59. The van der Waals surface area contributed by atoms with Gasteiger partial charge in [0.1, 0.15) is 23.9 Å². The fraction of sp³-hybridized carbons (Fsp3) is 0.304. The topological polar surface area (TPSA) is 98.6 Å². The van der Waals surface area contributed by atoms with E-state index >= 15 is 0 Å². The minimum Gasteiger partial charge on any atom is -0.497 e. The van der Waals surface area contributed by atoms with E-state index in [4.69, 9.17) is 9.47 Å². The lowest BCUT2D eigenvalue weighted by atomic mass is 10.0. The Hall–Kier alpha value is -3.72. The van der Waals surface area contributed by atoms with Crippen molar-refractivity contribution in [2.24, 2.45) is 0 Å². The average Bonchev–Trinajstić information content (AvgIpc) is 3.22. The summed E-state index contributed by atoms with van der Waals surface area (Å²) >= 11 is 0. The third-order valence-corrected chi connectivity index (χ3v) is 4.93. The molecule has 9 nitrogen and oxygen atoms in total. The van der Waals surface area contributed by atoms with Gasteiger partial charge in [0.05, 0.1) is 19.2 Å². The molecule has 3 rings (SSSR count). The Balaban J connectivity index is 1.94. The van der Waals surface area contributed by atoms with Crippen molar-refractivity contribution in [1.82, 2.24) is 25.2 Å². The molecule has 0 bridgehead atoms. The molecule has 1 atom stereocenters. The first-order chi connectivity index (χ1) is 15.6. The van der Waals surface area contributed by atoms with Crippen LogP contribution in [0.5, 0.6) is 5.75 Å². The number of amides is 2. The smallest absolute Gasteiger partial charge is 0.247 e. The van der Waals surface area contributed by atoms with Crippen LogP contribution in [0.3, 0.4) is 0 Å². The highest BCUT2D eigenvalue weighted by atomic mass is 16.5. The highest BCUT2D eigenvalue weighted by Crippen LogP contribution is 2.25. The predicted molar refractivity (Wildman–Crippen MR) is 120 cm³/mol. The van der Waals surface area contributed by atoms with Crippen LogP contribution in [0.25, 0.3) is 11.0 Å². The van der Waals surface area contributed by atoms with Gasteiger partial charge < -0.3 is 19.7 Å². The Morgan fingerprint density at radius 3 is 2.78 bits per heavy atom. The second kappa shape index (κ2) is 11.1. The molecule has 0 saturated carbocycles. The van der Waals surface area contributed by atoms with Gasteiger partial charge in [-0.1, -0.05) is 35.6 Å². The van der Waals surface area contributed by atoms with Crippen molar-refractivity contribution in [3.05, 3.63) is 66.7 Å². The summed E-state index contributed by atoms with van der Waals surface area (Å²) in [6.45, 7) is 4.55. The Labute approximate surface area is 186 Å². The van der Waals surface area contributed by atoms with Crippen molar-refractivity contribution in [2.75, 3.05) is 33.9 Å².